The summed E-state index contributed by atoms with van der Waals surface area (Å²) in [5, 5.41) is 0.487. The quantitative estimate of drug-likeness (QED) is 0.643. The highest BCUT2D eigenvalue weighted by Crippen LogP contribution is 2.28. The van der Waals surface area contributed by atoms with Crippen molar-refractivity contribution in [1.82, 2.24) is 25.4 Å². The van der Waals surface area contributed by atoms with Crippen molar-refractivity contribution in [3.05, 3.63) is 56.7 Å². The van der Waals surface area contributed by atoms with E-state index in [0.29, 0.717) is 32.8 Å². The van der Waals surface area contributed by atoms with Crippen LogP contribution in [0.5, 0.6) is 0 Å². The number of fused-ring (bicyclic) bond motifs is 2. The number of carbonyl (C=O) groups excluding carboxylic acids is 2. The van der Waals surface area contributed by atoms with Crippen molar-refractivity contribution in [3.8, 4) is 0 Å². The smallest absolute Gasteiger partial charge is 0.280 e. The van der Waals surface area contributed by atoms with Crippen LogP contribution in [0.25, 0.3) is 10.2 Å². The summed E-state index contributed by atoms with van der Waals surface area (Å²) in [6.07, 6.45) is 6.81. The third kappa shape index (κ3) is 3.29. The SMILES string of the molecule is Cc1c(C(=O)NNC(=O)c2ccncc2)sc2nc3n(c(=O)c12)CCCCC3. The van der Waals surface area contributed by atoms with Crippen LogP contribution in [0, 0.1) is 6.92 Å². The van der Waals surface area contributed by atoms with Gasteiger partial charge in [-0.1, -0.05) is 6.42 Å². The summed E-state index contributed by atoms with van der Waals surface area (Å²) in [5.41, 5.74) is 5.68. The second kappa shape index (κ2) is 7.51. The second-order valence-electron chi connectivity index (χ2n) is 6.68. The van der Waals surface area contributed by atoms with Gasteiger partial charge in [0.2, 0.25) is 0 Å². The van der Waals surface area contributed by atoms with E-state index >= 15 is 0 Å². The summed E-state index contributed by atoms with van der Waals surface area (Å²) >= 11 is 1.18. The lowest BCUT2D eigenvalue weighted by molar-refractivity contribution is 0.0848. The van der Waals surface area contributed by atoms with Gasteiger partial charge in [0.1, 0.15) is 10.7 Å². The Bertz CT molecular complexity index is 1120. The van der Waals surface area contributed by atoms with Gasteiger partial charge in [-0.15, -0.1) is 11.3 Å². The van der Waals surface area contributed by atoms with Gasteiger partial charge in [0.25, 0.3) is 17.4 Å². The van der Waals surface area contributed by atoms with Crippen molar-refractivity contribution >= 4 is 33.4 Å². The fourth-order valence-electron chi connectivity index (χ4n) is 3.37. The number of carbonyl (C=O) groups is 2. The van der Waals surface area contributed by atoms with Crippen LogP contribution in [-0.4, -0.2) is 26.3 Å². The van der Waals surface area contributed by atoms with E-state index in [9.17, 15) is 14.4 Å². The molecule has 2 N–H and O–H groups in total. The lowest BCUT2D eigenvalue weighted by Crippen LogP contribution is -2.41. The Morgan fingerprint density at radius 1 is 1.11 bits per heavy atom. The molecule has 0 unspecified atom stereocenters. The molecule has 0 saturated carbocycles. The van der Waals surface area contributed by atoms with Gasteiger partial charge in [-0.05, 0) is 37.5 Å². The Kier molecular flexibility index (Phi) is 4.91. The van der Waals surface area contributed by atoms with Gasteiger partial charge in [0.05, 0.1) is 10.3 Å². The molecule has 4 rings (SSSR count). The van der Waals surface area contributed by atoms with E-state index in [0.717, 1.165) is 31.5 Å². The molecule has 8 nitrogen and oxygen atoms in total. The summed E-state index contributed by atoms with van der Waals surface area (Å²) in [6.45, 7) is 2.40. The summed E-state index contributed by atoms with van der Waals surface area (Å²) in [5.74, 6) is -0.129. The number of aryl methyl sites for hydroxylation is 2. The second-order valence-corrected chi connectivity index (χ2v) is 7.68. The molecule has 0 aromatic carbocycles. The number of rotatable bonds is 2. The zero-order chi connectivity index (χ0) is 19.7. The van der Waals surface area contributed by atoms with E-state index in [1.165, 1.54) is 23.7 Å². The number of nitrogens with one attached hydrogen (secondary N) is 2. The van der Waals surface area contributed by atoms with Crippen LogP contribution in [0.3, 0.4) is 0 Å². The summed E-state index contributed by atoms with van der Waals surface area (Å²) < 4.78 is 1.74. The van der Waals surface area contributed by atoms with E-state index in [4.69, 9.17) is 0 Å². The molecule has 3 aromatic heterocycles. The minimum absolute atomic E-state index is 0.0875. The first-order chi connectivity index (χ1) is 13.6. The Morgan fingerprint density at radius 2 is 1.86 bits per heavy atom. The molecule has 3 aromatic rings. The van der Waals surface area contributed by atoms with Gasteiger partial charge in [0.15, 0.2) is 0 Å². The van der Waals surface area contributed by atoms with Crippen LogP contribution >= 0.6 is 11.3 Å². The summed E-state index contributed by atoms with van der Waals surface area (Å²) in [6, 6.07) is 3.09. The molecule has 0 aliphatic carbocycles. The maximum absolute atomic E-state index is 13.0. The summed E-state index contributed by atoms with van der Waals surface area (Å²) in [4.78, 5) is 47.1. The van der Waals surface area contributed by atoms with Crippen molar-refractivity contribution in [2.45, 2.75) is 39.2 Å². The number of hydrazine groups is 1. The molecule has 2 amide bonds. The van der Waals surface area contributed by atoms with Gasteiger partial charge in [-0.2, -0.15) is 0 Å². The van der Waals surface area contributed by atoms with Crippen molar-refractivity contribution in [2.24, 2.45) is 0 Å². The standard InChI is InChI=1S/C19H19N5O3S/c1-11-14-18(21-13-5-3-2-4-10-24(13)19(14)27)28-15(11)17(26)23-22-16(25)12-6-8-20-9-7-12/h6-9H,2-5,10H2,1H3,(H,22,25)(H,23,26). The lowest BCUT2D eigenvalue weighted by Gasteiger charge is -2.08. The highest BCUT2D eigenvalue weighted by Gasteiger charge is 2.22. The molecule has 0 atom stereocenters. The van der Waals surface area contributed by atoms with Crippen LogP contribution in [0.4, 0.5) is 0 Å². The molecule has 28 heavy (non-hydrogen) atoms. The number of amides is 2. The van der Waals surface area contributed by atoms with E-state index in [2.05, 4.69) is 20.8 Å². The first-order valence-electron chi connectivity index (χ1n) is 9.10. The van der Waals surface area contributed by atoms with Gasteiger partial charge in [0, 0.05) is 30.9 Å². The molecule has 0 spiro atoms. The Labute approximate surface area is 164 Å². The van der Waals surface area contributed by atoms with Crippen LogP contribution < -0.4 is 16.4 Å². The van der Waals surface area contributed by atoms with Gasteiger partial charge in [-0.3, -0.25) is 34.8 Å². The third-order valence-electron chi connectivity index (χ3n) is 4.85. The van der Waals surface area contributed by atoms with E-state index < -0.39 is 11.8 Å². The Morgan fingerprint density at radius 3 is 2.64 bits per heavy atom. The lowest BCUT2D eigenvalue weighted by atomic mass is 10.2. The van der Waals surface area contributed by atoms with Gasteiger partial charge >= 0.3 is 0 Å². The molecular formula is C19H19N5O3S. The molecule has 0 radical (unpaired) electrons. The number of hydrogen-bond acceptors (Lipinski definition) is 6. The number of thiophene rings is 1. The predicted octanol–water partition coefficient (Wildman–Crippen LogP) is 1.96. The third-order valence-corrected chi connectivity index (χ3v) is 6.03. The van der Waals surface area contributed by atoms with Crippen LogP contribution in [-0.2, 0) is 13.0 Å². The van der Waals surface area contributed by atoms with Crippen LogP contribution in [0.2, 0.25) is 0 Å². The Balaban J connectivity index is 1.61. The maximum atomic E-state index is 13.0. The number of aromatic nitrogens is 3. The average Bonchev–Trinajstić information content (AvgIpc) is 2.88. The molecule has 1 aliphatic heterocycles. The normalized spacial score (nSPS) is 13.6. The van der Waals surface area contributed by atoms with Crippen LogP contribution in [0.1, 0.15) is 50.7 Å². The highest BCUT2D eigenvalue weighted by atomic mass is 32.1. The molecule has 144 valence electrons. The predicted molar refractivity (Wildman–Crippen MR) is 105 cm³/mol. The molecule has 4 heterocycles. The van der Waals surface area contributed by atoms with Crippen molar-refractivity contribution in [3.63, 3.8) is 0 Å². The van der Waals surface area contributed by atoms with Crippen molar-refractivity contribution < 1.29 is 9.59 Å². The fraction of sp³-hybridized carbons (Fsp3) is 0.316. The first kappa shape index (κ1) is 18.3. The molecule has 0 bridgehead atoms. The minimum Gasteiger partial charge on any atom is -0.296 e. The topological polar surface area (TPSA) is 106 Å². The highest BCUT2D eigenvalue weighted by molar-refractivity contribution is 7.20. The molecule has 1 aliphatic rings. The van der Waals surface area contributed by atoms with Crippen molar-refractivity contribution in [2.75, 3.05) is 0 Å². The zero-order valence-corrected chi connectivity index (χ0v) is 16.1. The molecular weight excluding hydrogens is 378 g/mol. The fourth-order valence-corrected chi connectivity index (χ4v) is 4.46. The zero-order valence-electron chi connectivity index (χ0n) is 15.3. The number of pyridine rings is 1. The maximum Gasteiger partial charge on any atom is 0.280 e. The molecule has 0 fully saturated rings. The van der Waals surface area contributed by atoms with Crippen LogP contribution in [0.15, 0.2) is 29.3 Å². The van der Waals surface area contributed by atoms with Gasteiger partial charge < -0.3 is 0 Å². The van der Waals surface area contributed by atoms with Crippen molar-refractivity contribution in [1.29, 1.82) is 0 Å². The average molecular weight is 397 g/mol. The number of hydrogen-bond donors (Lipinski definition) is 2. The summed E-state index contributed by atoms with van der Waals surface area (Å²) in [7, 11) is 0. The number of nitrogens with zero attached hydrogens (tertiary/aromatic N) is 3. The largest absolute Gasteiger partial charge is 0.296 e. The van der Waals surface area contributed by atoms with E-state index in [1.807, 2.05) is 0 Å². The Hall–Kier alpha value is -3.07. The van der Waals surface area contributed by atoms with E-state index in [-0.39, 0.29) is 5.56 Å². The molecule has 9 heteroatoms. The molecule has 0 saturated heterocycles. The van der Waals surface area contributed by atoms with E-state index in [1.54, 1.807) is 23.6 Å². The minimum atomic E-state index is -0.470. The van der Waals surface area contributed by atoms with Gasteiger partial charge in [-0.25, -0.2) is 4.98 Å². The first-order valence-corrected chi connectivity index (χ1v) is 9.91. The monoisotopic (exact) mass is 397 g/mol.